The van der Waals surface area contributed by atoms with Crippen LogP contribution < -0.4 is 5.32 Å². The van der Waals surface area contributed by atoms with Gasteiger partial charge in [0, 0.05) is 26.3 Å². The summed E-state index contributed by atoms with van der Waals surface area (Å²) < 4.78 is 5.16. The van der Waals surface area contributed by atoms with Gasteiger partial charge in [-0.1, -0.05) is 33.6 Å². The number of hydrogen-bond donors (Lipinski definition) is 1. The van der Waals surface area contributed by atoms with Crippen LogP contribution in [0.5, 0.6) is 0 Å². The molecule has 2 heteroatoms. The van der Waals surface area contributed by atoms with Crippen molar-refractivity contribution in [2.45, 2.75) is 58.9 Å². The molecule has 0 aromatic rings. The summed E-state index contributed by atoms with van der Waals surface area (Å²) >= 11 is 0. The summed E-state index contributed by atoms with van der Waals surface area (Å²) in [5, 5.41) is 3.76. The summed E-state index contributed by atoms with van der Waals surface area (Å²) in [7, 11) is 1.78. The van der Waals surface area contributed by atoms with Crippen molar-refractivity contribution in [2.75, 3.05) is 20.3 Å². The van der Waals surface area contributed by atoms with E-state index in [0.29, 0.717) is 5.41 Å². The van der Waals surface area contributed by atoms with Crippen molar-refractivity contribution >= 4 is 0 Å². The van der Waals surface area contributed by atoms with E-state index in [1.165, 1.54) is 25.7 Å². The Morgan fingerprint density at radius 2 is 1.94 bits per heavy atom. The second-order valence-electron chi connectivity index (χ2n) is 6.16. The maximum atomic E-state index is 5.16. The van der Waals surface area contributed by atoms with E-state index in [-0.39, 0.29) is 0 Å². The molecule has 0 amide bonds. The SMILES string of the molecule is COCCC(C)(C)CNC1CCCCC1C. The topological polar surface area (TPSA) is 21.3 Å². The molecular weight excluding hydrogens is 198 g/mol. The van der Waals surface area contributed by atoms with E-state index in [1.54, 1.807) is 7.11 Å². The molecule has 0 aromatic heterocycles. The summed E-state index contributed by atoms with van der Waals surface area (Å²) in [6, 6.07) is 0.746. The zero-order chi connectivity index (χ0) is 12.0. The zero-order valence-corrected chi connectivity index (χ0v) is 11.5. The normalized spacial score (nSPS) is 27.0. The Kier molecular flexibility index (Phi) is 5.77. The summed E-state index contributed by atoms with van der Waals surface area (Å²) in [4.78, 5) is 0. The molecule has 1 N–H and O–H groups in total. The van der Waals surface area contributed by atoms with Crippen molar-refractivity contribution in [3.05, 3.63) is 0 Å². The number of methoxy groups -OCH3 is 1. The number of rotatable bonds is 6. The monoisotopic (exact) mass is 227 g/mol. The lowest BCUT2D eigenvalue weighted by molar-refractivity contribution is 0.144. The molecule has 96 valence electrons. The Morgan fingerprint density at radius 1 is 1.25 bits per heavy atom. The van der Waals surface area contributed by atoms with Crippen molar-refractivity contribution in [3.8, 4) is 0 Å². The lowest BCUT2D eigenvalue weighted by Crippen LogP contribution is -2.42. The highest BCUT2D eigenvalue weighted by atomic mass is 16.5. The molecule has 0 spiro atoms. The Labute approximate surface area is 101 Å². The highest BCUT2D eigenvalue weighted by molar-refractivity contribution is 4.81. The molecule has 1 aliphatic rings. The van der Waals surface area contributed by atoms with Crippen LogP contribution in [0.4, 0.5) is 0 Å². The van der Waals surface area contributed by atoms with Crippen molar-refractivity contribution in [1.82, 2.24) is 5.32 Å². The molecule has 0 aliphatic heterocycles. The molecule has 1 fully saturated rings. The van der Waals surface area contributed by atoms with E-state index >= 15 is 0 Å². The summed E-state index contributed by atoms with van der Waals surface area (Å²) in [5.74, 6) is 0.854. The van der Waals surface area contributed by atoms with Crippen LogP contribution >= 0.6 is 0 Å². The summed E-state index contributed by atoms with van der Waals surface area (Å²) in [6.45, 7) is 9.03. The first-order valence-electron chi connectivity index (χ1n) is 6.77. The Balaban J connectivity index is 2.26. The summed E-state index contributed by atoms with van der Waals surface area (Å²) in [6.07, 6.45) is 6.72. The van der Waals surface area contributed by atoms with Crippen molar-refractivity contribution < 1.29 is 4.74 Å². The average molecular weight is 227 g/mol. The second kappa shape index (κ2) is 6.61. The molecule has 0 radical (unpaired) electrons. The van der Waals surface area contributed by atoms with Gasteiger partial charge in [0.1, 0.15) is 0 Å². The molecule has 0 saturated heterocycles. The molecular formula is C14H29NO. The first-order chi connectivity index (χ1) is 7.55. The van der Waals surface area contributed by atoms with Gasteiger partial charge in [-0.15, -0.1) is 0 Å². The lowest BCUT2D eigenvalue weighted by atomic mass is 9.84. The molecule has 1 saturated carbocycles. The average Bonchev–Trinajstić information content (AvgIpc) is 2.26. The van der Waals surface area contributed by atoms with E-state index in [2.05, 4.69) is 26.1 Å². The largest absolute Gasteiger partial charge is 0.385 e. The molecule has 1 rings (SSSR count). The predicted molar refractivity (Wildman–Crippen MR) is 69.7 cm³/mol. The summed E-state index contributed by atoms with van der Waals surface area (Å²) in [5.41, 5.74) is 0.354. The molecule has 2 atom stereocenters. The number of ether oxygens (including phenoxy) is 1. The van der Waals surface area contributed by atoms with Crippen LogP contribution in [0, 0.1) is 11.3 Å². The maximum Gasteiger partial charge on any atom is 0.0467 e. The van der Waals surface area contributed by atoms with Gasteiger partial charge >= 0.3 is 0 Å². The van der Waals surface area contributed by atoms with E-state index < -0.39 is 0 Å². The maximum absolute atomic E-state index is 5.16. The highest BCUT2D eigenvalue weighted by Gasteiger charge is 2.24. The van der Waals surface area contributed by atoms with Gasteiger partial charge in [0.05, 0.1) is 0 Å². The zero-order valence-electron chi connectivity index (χ0n) is 11.5. The van der Waals surface area contributed by atoms with Crippen LogP contribution in [0.25, 0.3) is 0 Å². The molecule has 0 heterocycles. The predicted octanol–water partition coefficient (Wildman–Crippen LogP) is 3.22. The third-order valence-corrected chi connectivity index (χ3v) is 3.94. The third kappa shape index (κ3) is 4.84. The van der Waals surface area contributed by atoms with E-state index in [1.807, 2.05) is 0 Å². The van der Waals surface area contributed by atoms with Gasteiger partial charge in [-0.3, -0.25) is 0 Å². The van der Waals surface area contributed by atoms with Crippen LogP contribution in [0.15, 0.2) is 0 Å². The van der Waals surface area contributed by atoms with E-state index in [0.717, 1.165) is 31.5 Å². The first-order valence-corrected chi connectivity index (χ1v) is 6.77. The standard InChI is InChI=1S/C14H29NO/c1-12-7-5-6-8-13(12)15-11-14(2,3)9-10-16-4/h12-13,15H,5-11H2,1-4H3. The minimum Gasteiger partial charge on any atom is -0.385 e. The third-order valence-electron chi connectivity index (χ3n) is 3.94. The van der Waals surface area contributed by atoms with Crippen LogP contribution in [-0.4, -0.2) is 26.3 Å². The molecule has 1 aliphatic carbocycles. The minimum absolute atomic E-state index is 0.354. The second-order valence-corrected chi connectivity index (χ2v) is 6.16. The smallest absolute Gasteiger partial charge is 0.0467 e. The van der Waals surface area contributed by atoms with Gasteiger partial charge < -0.3 is 10.1 Å². The van der Waals surface area contributed by atoms with Gasteiger partial charge in [0.2, 0.25) is 0 Å². The van der Waals surface area contributed by atoms with Gasteiger partial charge in [0.15, 0.2) is 0 Å². The Hall–Kier alpha value is -0.0800. The highest BCUT2D eigenvalue weighted by Crippen LogP contribution is 2.25. The van der Waals surface area contributed by atoms with E-state index in [9.17, 15) is 0 Å². The molecule has 2 unspecified atom stereocenters. The fourth-order valence-corrected chi connectivity index (χ4v) is 2.49. The van der Waals surface area contributed by atoms with Gasteiger partial charge in [-0.25, -0.2) is 0 Å². The lowest BCUT2D eigenvalue weighted by Gasteiger charge is -2.33. The van der Waals surface area contributed by atoms with Crippen LogP contribution in [-0.2, 0) is 4.74 Å². The first kappa shape index (κ1) is 14.0. The minimum atomic E-state index is 0.354. The van der Waals surface area contributed by atoms with Crippen LogP contribution in [0.1, 0.15) is 52.9 Å². The van der Waals surface area contributed by atoms with Gasteiger partial charge in [-0.2, -0.15) is 0 Å². The molecule has 0 aromatic carbocycles. The molecule has 2 nitrogen and oxygen atoms in total. The van der Waals surface area contributed by atoms with Crippen LogP contribution in [0.3, 0.4) is 0 Å². The molecule has 16 heavy (non-hydrogen) atoms. The van der Waals surface area contributed by atoms with Crippen molar-refractivity contribution in [1.29, 1.82) is 0 Å². The van der Waals surface area contributed by atoms with Crippen molar-refractivity contribution in [2.24, 2.45) is 11.3 Å². The van der Waals surface area contributed by atoms with E-state index in [4.69, 9.17) is 4.74 Å². The number of hydrogen-bond acceptors (Lipinski definition) is 2. The van der Waals surface area contributed by atoms with Crippen LogP contribution in [0.2, 0.25) is 0 Å². The fraction of sp³-hybridized carbons (Fsp3) is 1.00. The van der Waals surface area contributed by atoms with Gasteiger partial charge in [0.25, 0.3) is 0 Å². The molecule has 0 bridgehead atoms. The number of nitrogens with one attached hydrogen (secondary N) is 1. The Bertz CT molecular complexity index is 191. The van der Waals surface area contributed by atoms with Gasteiger partial charge in [-0.05, 0) is 30.6 Å². The fourth-order valence-electron chi connectivity index (χ4n) is 2.49. The quantitative estimate of drug-likeness (QED) is 0.752. The Morgan fingerprint density at radius 3 is 2.56 bits per heavy atom. The van der Waals surface area contributed by atoms with Crippen molar-refractivity contribution in [3.63, 3.8) is 0 Å².